The minimum atomic E-state index is -4.76. The second kappa shape index (κ2) is 10.3. The van der Waals surface area contributed by atoms with Gasteiger partial charge in [0.05, 0.1) is 0 Å². The molecule has 2 N–H and O–H groups in total. The molecule has 9 heteroatoms. The van der Waals surface area contributed by atoms with Crippen LogP contribution in [0.1, 0.15) is 15.9 Å². The molecule has 0 heterocycles. The number of rotatable bonds is 8. The molecule has 0 unspecified atom stereocenters. The highest BCUT2D eigenvalue weighted by Gasteiger charge is 2.30. The van der Waals surface area contributed by atoms with E-state index >= 15 is 0 Å². The molecular weight excluding hydrogens is 425 g/mol. The normalized spacial score (nSPS) is 10.8. The van der Waals surface area contributed by atoms with E-state index in [0.29, 0.717) is 22.6 Å². The van der Waals surface area contributed by atoms with E-state index in [4.69, 9.17) is 4.74 Å². The molecule has 0 fully saturated rings. The van der Waals surface area contributed by atoms with Crippen LogP contribution in [0.15, 0.2) is 78.9 Å². The molecule has 3 rings (SSSR count). The molecule has 0 spiro atoms. The molecule has 0 aromatic heterocycles. The number of hydrogen-bond donors (Lipinski definition) is 2. The minimum absolute atomic E-state index is 0.113. The zero-order chi connectivity index (χ0) is 23.0. The average Bonchev–Trinajstić information content (AvgIpc) is 2.77. The summed E-state index contributed by atoms with van der Waals surface area (Å²) in [7, 11) is 0. The summed E-state index contributed by atoms with van der Waals surface area (Å²) in [5.41, 5.74) is 1.62. The first-order valence-electron chi connectivity index (χ1n) is 9.49. The maximum absolute atomic E-state index is 12.2. The molecule has 0 aliphatic heterocycles. The van der Waals surface area contributed by atoms with Crippen molar-refractivity contribution in [2.24, 2.45) is 0 Å². The number of carbonyl (C=O) groups excluding carboxylic acids is 2. The van der Waals surface area contributed by atoms with E-state index in [1.165, 1.54) is 24.3 Å². The molecule has 0 saturated carbocycles. The Hall–Kier alpha value is -4.01. The number of hydrogen-bond acceptors (Lipinski definition) is 4. The Morgan fingerprint density at radius 1 is 0.844 bits per heavy atom. The van der Waals surface area contributed by atoms with E-state index in [0.717, 1.165) is 0 Å². The van der Waals surface area contributed by atoms with Gasteiger partial charge in [-0.15, -0.1) is 13.2 Å². The number of ether oxygens (including phenoxy) is 2. The molecule has 0 saturated heterocycles. The number of alkyl halides is 3. The maximum Gasteiger partial charge on any atom is 0.573 e. The van der Waals surface area contributed by atoms with Crippen LogP contribution in [0.2, 0.25) is 0 Å². The van der Waals surface area contributed by atoms with E-state index < -0.39 is 12.3 Å². The number of nitrogens with one attached hydrogen (secondary N) is 2. The van der Waals surface area contributed by atoms with E-state index in [2.05, 4.69) is 15.4 Å². The molecule has 32 heavy (non-hydrogen) atoms. The SMILES string of the molecule is O=C(COc1cccc(NC(=O)c2ccccc2)c1)NCc1ccc(OC(F)(F)F)cc1. The van der Waals surface area contributed by atoms with E-state index in [1.807, 2.05) is 6.07 Å². The zero-order valence-electron chi connectivity index (χ0n) is 16.7. The summed E-state index contributed by atoms with van der Waals surface area (Å²) in [5, 5.41) is 5.36. The molecule has 0 aliphatic rings. The fourth-order valence-corrected chi connectivity index (χ4v) is 2.67. The summed E-state index contributed by atoms with van der Waals surface area (Å²) in [6.45, 7) is -0.160. The lowest BCUT2D eigenvalue weighted by atomic mass is 10.2. The Morgan fingerprint density at radius 2 is 1.56 bits per heavy atom. The maximum atomic E-state index is 12.2. The van der Waals surface area contributed by atoms with Crippen molar-refractivity contribution >= 4 is 17.5 Å². The van der Waals surface area contributed by atoms with Gasteiger partial charge in [0.1, 0.15) is 11.5 Å². The van der Waals surface area contributed by atoms with Crippen molar-refractivity contribution in [3.8, 4) is 11.5 Å². The van der Waals surface area contributed by atoms with E-state index in [9.17, 15) is 22.8 Å². The van der Waals surface area contributed by atoms with Gasteiger partial charge >= 0.3 is 6.36 Å². The first-order chi connectivity index (χ1) is 15.3. The fraction of sp³-hybridized carbons (Fsp3) is 0.130. The van der Waals surface area contributed by atoms with Gasteiger partial charge in [-0.05, 0) is 42.0 Å². The van der Waals surface area contributed by atoms with Crippen molar-refractivity contribution < 1.29 is 32.2 Å². The predicted molar refractivity (Wildman–Crippen MR) is 111 cm³/mol. The summed E-state index contributed by atoms with van der Waals surface area (Å²) in [4.78, 5) is 24.2. The van der Waals surface area contributed by atoms with E-state index in [1.54, 1.807) is 48.5 Å². The van der Waals surface area contributed by atoms with Crippen molar-refractivity contribution in [1.29, 1.82) is 0 Å². The standard InChI is InChI=1S/C23H19F3N2O4/c24-23(25,26)32-19-11-9-16(10-12-19)14-27-21(29)15-31-20-8-4-7-18(13-20)28-22(30)17-5-2-1-3-6-17/h1-13H,14-15H2,(H,27,29)(H,28,30). The molecule has 3 aromatic carbocycles. The van der Waals surface area contributed by atoms with Crippen LogP contribution in [0.5, 0.6) is 11.5 Å². The Kier molecular flexibility index (Phi) is 7.33. The topological polar surface area (TPSA) is 76.7 Å². The molecule has 0 bridgehead atoms. The van der Waals surface area contributed by atoms with Gasteiger partial charge in [-0.3, -0.25) is 9.59 Å². The smallest absolute Gasteiger partial charge is 0.484 e. The molecule has 3 aromatic rings. The van der Waals surface area contributed by atoms with Crippen LogP contribution in [0, 0.1) is 0 Å². The quantitative estimate of drug-likeness (QED) is 0.535. The van der Waals surface area contributed by atoms with Crippen LogP contribution in [-0.4, -0.2) is 24.8 Å². The third-order valence-electron chi connectivity index (χ3n) is 4.14. The van der Waals surface area contributed by atoms with Crippen molar-refractivity contribution in [2.45, 2.75) is 12.9 Å². The summed E-state index contributed by atoms with van der Waals surface area (Å²) in [5.74, 6) is -0.638. The zero-order valence-corrected chi connectivity index (χ0v) is 16.7. The molecule has 2 amide bonds. The van der Waals surface area contributed by atoms with Crippen molar-refractivity contribution in [3.05, 3.63) is 90.0 Å². The summed E-state index contributed by atoms with van der Waals surface area (Å²) in [6, 6.07) is 20.5. The van der Waals surface area contributed by atoms with Gasteiger partial charge in [0.15, 0.2) is 6.61 Å². The summed E-state index contributed by atoms with van der Waals surface area (Å²) in [6.07, 6.45) is -4.76. The van der Waals surface area contributed by atoms with Gasteiger partial charge < -0.3 is 20.1 Å². The Labute approximate surface area is 182 Å². The number of benzene rings is 3. The second-order valence-corrected chi connectivity index (χ2v) is 6.61. The third-order valence-corrected chi connectivity index (χ3v) is 4.14. The molecule has 0 radical (unpaired) electrons. The number of amides is 2. The largest absolute Gasteiger partial charge is 0.573 e. The van der Waals surface area contributed by atoms with Crippen molar-refractivity contribution in [1.82, 2.24) is 5.32 Å². The Morgan fingerprint density at radius 3 is 2.25 bits per heavy atom. The van der Waals surface area contributed by atoms with Gasteiger partial charge in [0.2, 0.25) is 0 Å². The van der Waals surface area contributed by atoms with Crippen LogP contribution < -0.4 is 20.1 Å². The first-order valence-corrected chi connectivity index (χ1v) is 9.49. The minimum Gasteiger partial charge on any atom is -0.484 e. The highest BCUT2D eigenvalue weighted by atomic mass is 19.4. The lowest BCUT2D eigenvalue weighted by Gasteiger charge is -2.11. The third kappa shape index (κ3) is 7.35. The summed E-state index contributed by atoms with van der Waals surface area (Å²) >= 11 is 0. The Bertz CT molecular complexity index is 1050. The highest BCUT2D eigenvalue weighted by Crippen LogP contribution is 2.22. The van der Waals surface area contributed by atoms with Crippen LogP contribution in [-0.2, 0) is 11.3 Å². The predicted octanol–water partition coefficient (Wildman–Crippen LogP) is 4.53. The van der Waals surface area contributed by atoms with Crippen LogP contribution in [0.4, 0.5) is 18.9 Å². The van der Waals surface area contributed by atoms with Gasteiger partial charge in [-0.1, -0.05) is 36.4 Å². The van der Waals surface area contributed by atoms with Gasteiger partial charge in [0, 0.05) is 23.9 Å². The lowest BCUT2D eigenvalue weighted by molar-refractivity contribution is -0.274. The van der Waals surface area contributed by atoms with Crippen LogP contribution in [0.25, 0.3) is 0 Å². The molecule has 6 nitrogen and oxygen atoms in total. The number of carbonyl (C=O) groups is 2. The van der Waals surface area contributed by atoms with Crippen molar-refractivity contribution in [3.63, 3.8) is 0 Å². The van der Waals surface area contributed by atoms with Gasteiger partial charge in [-0.25, -0.2) is 0 Å². The average molecular weight is 444 g/mol. The van der Waals surface area contributed by atoms with E-state index in [-0.39, 0.29) is 24.8 Å². The van der Waals surface area contributed by atoms with Crippen LogP contribution in [0.3, 0.4) is 0 Å². The number of halogens is 3. The molecule has 0 aliphatic carbocycles. The van der Waals surface area contributed by atoms with Crippen molar-refractivity contribution in [2.75, 3.05) is 11.9 Å². The van der Waals surface area contributed by atoms with Gasteiger partial charge in [-0.2, -0.15) is 0 Å². The second-order valence-electron chi connectivity index (χ2n) is 6.61. The molecule has 166 valence electrons. The number of anilines is 1. The Balaban J connectivity index is 1.46. The molecular formula is C23H19F3N2O4. The fourth-order valence-electron chi connectivity index (χ4n) is 2.67. The van der Waals surface area contributed by atoms with Gasteiger partial charge in [0.25, 0.3) is 11.8 Å². The summed E-state index contributed by atoms with van der Waals surface area (Å²) < 4.78 is 45.8. The molecule has 0 atom stereocenters. The lowest BCUT2D eigenvalue weighted by Crippen LogP contribution is -2.28. The highest BCUT2D eigenvalue weighted by molar-refractivity contribution is 6.04. The monoisotopic (exact) mass is 444 g/mol. The first kappa shape index (κ1) is 22.7. The van der Waals surface area contributed by atoms with Crippen LogP contribution >= 0.6 is 0 Å².